The minimum Gasteiger partial charge on any atom is -0.378 e. The average molecular weight is 379 g/mol. The van der Waals surface area contributed by atoms with Crippen LogP contribution in [0.2, 0.25) is 0 Å². The van der Waals surface area contributed by atoms with Gasteiger partial charge in [-0.1, -0.05) is 6.07 Å². The number of carbonyl (C=O) groups is 1. The van der Waals surface area contributed by atoms with Crippen LogP contribution in [0.4, 0.5) is 5.82 Å². The second-order valence-electron chi connectivity index (χ2n) is 5.42. The van der Waals surface area contributed by atoms with Crippen LogP contribution in [0.15, 0.2) is 18.3 Å². The van der Waals surface area contributed by atoms with Crippen LogP contribution in [0.1, 0.15) is 5.56 Å². The van der Waals surface area contributed by atoms with Crippen molar-refractivity contribution in [2.24, 2.45) is 0 Å². The Bertz CT molecular complexity index is 492. The predicted molar refractivity (Wildman–Crippen MR) is 96.2 cm³/mol. The van der Waals surface area contributed by atoms with E-state index in [1.807, 2.05) is 18.3 Å². The Balaban J connectivity index is 0.00000144. The van der Waals surface area contributed by atoms with Crippen molar-refractivity contribution in [3.8, 4) is 0 Å². The summed E-state index contributed by atoms with van der Waals surface area (Å²) in [4.78, 5) is 18.7. The molecule has 1 unspecified atom stereocenters. The molecule has 1 aromatic rings. The minimum absolute atomic E-state index is 0. The number of rotatable bonds is 4. The fraction of sp³-hybridized carbons (Fsp3) is 0.600. The number of aromatic nitrogens is 1. The van der Waals surface area contributed by atoms with Crippen LogP contribution in [0, 0.1) is 0 Å². The van der Waals surface area contributed by atoms with Crippen molar-refractivity contribution in [2.75, 3.05) is 51.0 Å². The number of carbonyl (C=O) groups excluding carboxylic acids is 1. The molecule has 7 nitrogen and oxygen atoms in total. The summed E-state index contributed by atoms with van der Waals surface area (Å²) in [7, 11) is 0. The first-order valence-corrected chi connectivity index (χ1v) is 7.69. The Kier molecular flexibility index (Phi) is 9.31. The first-order valence-electron chi connectivity index (χ1n) is 7.69. The van der Waals surface area contributed by atoms with E-state index in [1.165, 1.54) is 0 Å². The molecular weight excluding hydrogens is 355 g/mol. The lowest BCUT2D eigenvalue weighted by Gasteiger charge is -2.27. The van der Waals surface area contributed by atoms with Crippen LogP contribution < -0.4 is 15.5 Å². The highest BCUT2D eigenvalue weighted by atomic mass is 35.5. The lowest BCUT2D eigenvalue weighted by atomic mass is 10.2. The maximum atomic E-state index is 12.0. The Morgan fingerprint density at radius 1 is 1.25 bits per heavy atom. The molecule has 0 bridgehead atoms. The first kappa shape index (κ1) is 20.9. The molecule has 2 N–H and O–H groups in total. The molecule has 3 heterocycles. The smallest absolute Gasteiger partial charge is 0.239 e. The van der Waals surface area contributed by atoms with Gasteiger partial charge >= 0.3 is 0 Å². The first-order chi connectivity index (χ1) is 10.8. The number of anilines is 1. The van der Waals surface area contributed by atoms with Crippen molar-refractivity contribution in [2.45, 2.75) is 12.6 Å². The van der Waals surface area contributed by atoms with Gasteiger partial charge in [-0.15, -0.1) is 24.8 Å². The molecule has 0 saturated carbocycles. The van der Waals surface area contributed by atoms with E-state index in [0.29, 0.717) is 26.3 Å². The average Bonchev–Trinajstić information content (AvgIpc) is 2.61. The quantitative estimate of drug-likeness (QED) is 0.787. The SMILES string of the molecule is Cl.Cl.O=C(NCc1ccc(N2CCOCC2)nc1)C1COCCN1. The van der Waals surface area contributed by atoms with Crippen molar-refractivity contribution in [3.05, 3.63) is 23.9 Å². The van der Waals surface area contributed by atoms with E-state index in [2.05, 4.69) is 20.5 Å². The normalized spacial score (nSPS) is 20.5. The Morgan fingerprint density at radius 3 is 2.67 bits per heavy atom. The minimum atomic E-state index is -0.255. The van der Waals surface area contributed by atoms with Gasteiger partial charge in [-0.05, 0) is 11.6 Å². The van der Waals surface area contributed by atoms with E-state index in [-0.39, 0.29) is 36.8 Å². The number of ether oxygens (including phenoxy) is 2. The third-order valence-electron chi connectivity index (χ3n) is 3.85. The molecule has 0 radical (unpaired) electrons. The van der Waals surface area contributed by atoms with Gasteiger partial charge in [0.1, 0.15) is 11.9 Å². The number of pyridine rings is 1. The molecule has 136 valence electrons. The maximum Gasteiger partial charge on any atom is 0.239 e. The number of nitrogens with zero attached hydrogens (tertiary/aromatic N) is 2. The molecule has 2 aliphatic rings. The number of halogens is 2. The number of amides is 1. The lowest BCUT2D eigenvalue weighted by Crippen LogP contribution is -2.51. The van der Waals surface area contributed by atoms with Crippen molar-refractivity contribution < 1.29 is 14.3 Å². The number of hydrogen-bond donors (Lipinski definition) is 2. The molecule has 2 aliphatic heterocycles. The summed E-state index contributed by atoms with van der Waals surface area (Å²) in [6.45, 7) is 5.52. The van der Waals surface area contributed by atoms with E-state index in [9.17, 15) is 4.79 Å². The molecule has 0 aromatic carbocycles. The summed E-state index contributed by atoms with van der Waals surface area (Å²) in [6.07, 6.45) is 1.82. The number of morpholine rings is 2. The lowest BCUT2D eigenvalue weighted by molar-refractivity contribution is -0.126. The third-order valence-corrected chi connectivity index (χ3v) is 3.85. The highest BCUT2D eigenvalue weighted by Gasteiger charge is 2.20. The summed E-state index contributed by atoms with van der Waals surface area (Å²) < 4.78 is 10.6. The second kappa shape index (κ2) is 10.7. The van der Waals surface area contributed by atoms with Gasteiger partial charge in [-0.3, -0.25) is 4.79 Å². The van der Waals surface area contributed by atoms with Crippen LogP contribution >= 0.6 is 24.8 Å². The van der Waals surface area contributed by atoms with E-state index in [1.54, 1.807) is 0 Å². The van der Waals surface area contributed by atoms with Crippen molar-refractivity contribution in [3.63, 3.8) is 0 Å². The third kappa shape index (κ3) is 5.75. The molecule has 24 heavy (non-hydrogen) atoms. The summed E-state index contributed by atoms with van der Waals surface area (Å²) in [5.41, 5.74) is 0.988. The van der Waals surface area contributed by atoms with Gasteiger partial charge in [0, 0.05) is 32.4 Å². The van der Waals surface area contributed by atoms with Crippen LogP contribution in [0.3, 0.4) is 0 Å². The van der Waals surface area contributed by atoms with Gasteiger partial charge in [-0.25, -0.2) is 4.98 Å². The zero-order valence-corrected chi connectivity index (χ0v) is 15.0. The highest BCUT2D eigenvalue weighted by molar-refractivity contribution is 5.85. The van der Waals surface area contributed by atoms with E-state index < -0.39 is 0 Å². The van der Waals surface area contributed by atoms with Gasteiger partial charge in [-0.2, -0.15) is 0 Å². The van der Waals surface area contributed by atoms with E-state index >= 15 is 0 Å². The molecule has 2 saturated heterocycles. The molecule has 3 rings (SSSR count). The fourth-order valence-electron chi connectivity index (χ4n) is 2.55. The molecule has 1 aromatic heterocycles. The zero-order chi connectivity index (χ0) is 15.2. The molecule has 0 spiro atoms. The Morgan fingerprint density at radius 2 is 2.04 bits per heavy atom. The van der Waals surface area contributed by atoms with E-state index in [0.717, 1.165) is 37.7 Å². The number of hydrogen-bond acceptors (Lipinski definition) is 6. The van der Waals surface area contributed by atoms with Crippen LogP contribution in [-0.2, 0) is 20.8 Å². The topological polar surface area (TPSA) is 75.7 Å². The number of nitrogens with one attached hydrogen (secondary N) is 2. The predicted octanol–water partition coefficient (Wildman–Crippen LogP) is 0.366. The van der Waals surface area contributed by atoms with Gasteiger partial charge in [0.05, 0.1) is 26.4 Å². The molecule has 0 aliphatic carbocycles. The molecule has 1 amide bonds. The monoisotopic (exact) mass is 378 g/mol. The van der Waals surface area contributed by atoms with Gasteiger partial charge < -0.3 is 25.0 Å². The molecular formula is C15H24Cl2N4O3. The molecule has 9 heteroatoms. The van der Waals surface area contributed by atoms with Crippen molar-refractivity contribution in [1.29, 1.82) is 0 Å². The maximum absolute atomic E-state index is 12.0. The van der Waals surface area contributed by atoms with Crippen molar-refractivity contribution in [1.82, 2.24) is 15.6 Å². The molecule has 1 atom stereocenters. The van der Waals surface area contributed by atoms with Gasteiger partial charge in [0.25, 0.3) is 0 Å². The summed E-state index contributed by atoms with van der Waals surface area (Å²) in [5.74, 6) is 0.928. The summed E-state index contributed by atoms with van der Waals surface area (Å²) >= 11 is 0. The standard InChI is InChI=1S/C15H22N4O3.2ClH/c20-15(13-11-22-6-3-16-13)18-10-12-1-2-14(17-9-12)19-4-7-21-8-5-19;;/h1-2,9,13,16H,3-8,10-11H2,(H,18,20);2*1H. The Labute approximate surface area is 154 Å². The van der Waals surface area contributed by atoms with Crippen LogP contribution in [0.25, 0.3) is 0 Å². The van der Waals surface area contributed by atoms with Crippen LogP contribution in [0.5, 0.6) is 0 Å². The zero-order valence-electron chi connectivity index (χ0n) is 13.4. The van der Waals surface area contributed by atoms with Crippen molar-refractivity contribution >= 4 is 36.5 Å². The second-order valence-corrected chi connectivity index (χ2v) is 5.42. The summed E-state index contributed by atoms with van der Waals surface area (Å²) in [6, 6.07) is 3.74. The highest BCUT2D eigenvalue weighted by Crippen LogP contribution is 2.13. The van der Waals surface area contributed by atoms with Gasteiger partial charge in [0.2, 0.25) is 5.91 Å². The van der Waals surface area contributed by atoms with Gasteiger partial charge in [0.15, 0.2) is 0 Å². The van der Waals surface area contributed by atoms with Crippen LogP contribution in [-0.4, -0.2) is 63.0 Å². The summed E-state index contributed by atoms with van der Waals surface area (Å²) in [5, 5.41) is 6.05. The largest absolute Gasteiger partial charge is 0.378 e. The molecule has 2 fully saturated rings. The Hall–Kier alpha value is -1.12. The fourth-order valence-corrected chi connectivity index (χ4v) is 2.55. The van der Waals surface area contributed by atoms with E-state index in [4.69, 9.17) is 9.47 Å².